The van der Waals surface area contributed by atoms with Gasteiger partial charge in [0.05, 0.1) is 23.3 Å². The van der Waals surface area contributed by atoms with Gasteiger partial charge in [0.15, 0.2) is 0 Å². The Morgan fingerprint density at radius 3 is 1.11 bits per heavy atom. The number of carboxylic acid groups (broad SMARTS) is 2. The van der Waals surface area contributed by atoms with Crippen LogP contribution in [0.2, 0.25) is 0 Å². The molecule has 2 aromatic carbocycles. The molecule has 0 radical (unpaired) electrons. The van der Waals surface area contributed by atoms with Crippen molar-refractivity contribution in [2.45, 2.75) is 85.9 Å². The second kappa shape index (κ2) is 17.7. The predicted octanol–water partition coefficient (Wildman–Crippen LogP) is 6.08. The number of rotatable bonds is 10. The highest BCUT2D eigenvalue weighted by molar-refractivity contribution is 5.87. The van der Waals surface area contributed by atoms with Gasteiger partial charge in [-0.25, -0.2) is 9.59 Å². The molecule has 0 bridgehead atoms. The van der Waals surface area contributed by atoms with E-state index in [9.17, 15) is 19.8 Å². The number of hydrogen-bond donors (Lipinski definition) is 4. The first-order valence-corrected chi connectivity index (χ1v) is 12.4. The summed E-state index contributed by atoms with van der Waals surface area (Å²) in [6.07, 6.45) is 3.97. The molecule has 2 rings (SSSR count). The Morgan fingerprint density at radius 2 is 0.914 bits per heavy atom. The van der Waals surface area contributed by atoms with Gasteiger partial charge in [0, 0.05) is 0 Å². The lowest BCUT2D eigenvalue weighted by molar-refractivity contribution is 0.0326. The fraction of sp³-hybridized carbons (Fsp3) is 0.517. The molecule has 0 saturated carbocycles. The molecule has 6 heteroatoms. The number of aryl methyl sites for hydroxylation is 2. The standard InChI is InChI=1S/2C10H12O2.C9H20O2/c2*1-2-3-8-4-6-9(7-5-8)10(11)12;1-6(2)8(10)5-9(11)7(3)4/h2*4-7H,2-3H2,1H3,(H,11,12);6-11H,5H2,1-4H3. The molecule has 6 nitrogen and oxygen atoms in total. The number of carbonyl (C=O) groups is 2. The minimum atomic E-state index is -0.863. The molecule has 0 aliphatic rings. The Kier molecular flexibility index (Phi) is 16.3. The highest BCUT2D eigenvalue weighted by atomic mass is 16.4. The Morgan fingerprint density at radius 1 is 0.629 bits per heavy atom. The van der Waals surface area contributed by atoms with Gasteiger partial charge in [-0.15, -0.1) is 0 Å². The largest absolute Gasteiger partial charge is 0.478 e. The van der Waals surface area contributed by atoms with Crippen LogP contribution in [0.4, 0.5) is 0 Å². The number of aliphatic hydroxyl groups is 2. The molecule has 0 aliphatic heterocycles. The molecule has 0 saturated heterocycles. The van der Waals surface area contributed by atoms with Crippen LogP contribution in [0.25, 0.3) is 0 Å². The van der Waals surface area contributed by atoms with Crippen molar-refractivity contribution >= 4 is 11.9 Å². The van der Waals surface area contributed by atoms with Gasteiger partial charge in [-0.05, 0) is 66.5 Å². The third-order valence-corrected chi connectivity index (χ3v) is 5.50. The molecule has 0 aromatic heterocycles. The van der Waals surface area contributed by atoms with Crippen LogP contribution in [0.15, 0.2) is 48.5 Å². The van der Waals surface area contributed by atoms with E-state index in [0.717, 1.165) is 25.7 Å². The highest BCUT2D eigenvalue weighted by Crippen LogP contribution is 2.13. The first kappa shape index (κ1) is 32.3. The Balaban J connectivity index is 0.000000496. The van der Waals surface area contributed by atoms with E-state index in [0.29, 0.717) is 17.5 Å². The number of benzene rings is 2. The number of aromatic carboxylic acids is 2. The maximum Gasteiger partial charge on any atom is 0.335 e. The van der Waals surface area contributed by atoms with E-state index in [2.05, 4.69) is 13.8 Å². The SMILES string of the molecule is CC(C)C(O)CC(O)C(C)C.CCCc1ccc(C(=O)O)cc1.CCCc1ccc(C(=O)O)cc1. The minimum Gasteiger partial charge on any atom is -0.478 e. The van der Waals surface area contributed by atoms with Crippen LogP contribution >= 0.6 is 0 Å². The maximum atomic E-state index is 10.5. The Labute approximate surface area is 210 Å². The zero-order chi connectivity index (χ0) is 27.0. The van der Waals surface area contributed by atoms with Crippen molar-refractivity contribution in [3.05, 3.63) is 70.8 Å². The van der Waals surface area contributed by atoms with Gasteiger partial charge in [0.2, 0.25) is 0 Å². The van der Waals surface area contributed by atoms with Crippen molar-refractivity contribution < 1.29 is 30.0 Å². The lowest BCUT2D eigenvalue weighted by Gasteiger charge is -2.20. The zero-order valence-electron chi connectivity index (χ0n) is 22.1. The highest BCUT2D eigenvalue weighted by Gasteiger charge is 2.17. The van der Waals surface area contributed by atoms with Crippen molar-refractivity contribution in [2.75, 3.05) is 0 Å². The second-order valence-electron chi connectivity index (χ2n) is 9.36. The molecule has 35 heavy (non-hydrogen) atoms. The summed E-state index contributed by atoms with van der Waals surface area (Å²) in [5, 5.41) is 36.0. The molecular weight excluding hydrogens is 444 g/mol. The van der Waals surface area contributed by atoms with E-state index in [1.807, 2.05) is 52.0 Å². The minimum absolute atomic E-state index is 0.239. The molecule has 2 unspecified atom stereocenters. The second-order valence-corrected chi connectivity index (χ2v) is 9.36. The smallest absolute Gasteiger partial charge is 0.335 e. The van der Waals surface area contributed by atoms with E-state index in [1.165, 1.54) is 11.1 Å². The van der Waals surface area contributed by atoms with Gasteiger partial charge in [-0.1, -0.05) is 78.6 Å². The average molecular weight is 489 g/mol. The fourth-order valence-electron chi connectivity index (χ4n) is 3.00. The lowest BCUT2D eigenvalue weighted by atomic mass is 9.95. The predicted molar refractivity (Wildman–Crippen MR) is 141 cm³/mol. The van der Waals surface area contributed by atoms with Crippen LogP contribution in [0, 0.1) is 11.8 Å². The Hall–Kier alpha value is -2.70. The molecule has 0 amide bonds. The van der Waals surface area contributed by atoms with Crippen molar-refractivity contribution in [3.63, 3.8) is 0 Å². The van der Waals surface area contributed by atoms with Crippen LogP contribution in [-0.4, -0.2) is 44.6 Å². The van der Waals surface area contributed by atoms with Gasteiger partial charge < -0.3 is 20.4 Å². The summed E-state index contributed by atoms with van der Waals surface area (Å²) in [6, 6.07) is 14.1. The number of aliphatic hydroxyl groups excluding tert-OH is 2. The topological polar surface area (TPSA) is 115 Å². The molecule has 0 fully saturated rings. The van der Waals surface area contributed by atoms with Gasteiger partial charge in [0.25, 0.3) is 0 Å². The van der Waals surface area contributed by atoms with Crippen molar-refractivity contribution in [1.29, 1.82) is 0 Å². The lowest BCUT2D eigenvalue weighted by Crippen LogP contribution is -2.25. The summed E-state index contributed by atoms with van der Waals surface area (Å²) in [5.74, 6) is -1.25. The van der Waals surface area contributed by atoms with Gasteiger partial charge in [-0.3, -0.25) is 0 Å². The first-order valence-electron chi connectivity index (χ1n) is 12.4. The number of carboxylic acids is 2. The summed E-state index contributed by atoms with van der Waals surface area (Å²) in [5.41, 5.74) is 3.11. The molecular formula is C29H44O6. The van der Waals surface area contributed by atoms with Gasteiger partial charge in [-0.2, -0.15) is 0 Å². The average Bonchev–Trinajstić information content (AvgIpc) is 2.81. The van der Waals surface area contributed by atoms with Crippen LogP contribution in [0.3, 0.4) is 0 Å². The molecule has 0 spiro atoms. The van der Waals surface area contributed by atoms with E-state index in [4.69, 9.17) is 10.2 Å². The monoisotopic (exact) mass is 488 g/mol. The van der Waals surface area contributed by atoms with E-state index in [-0.39, 0.29) is 24.0 Å². The normalized spacial score (nSPS) is 12.2. The molecule has 4 N–H and O–H groups in total. The quantitative estimate of drug-likeness (QED) is 0.322. The molecule has 0 aliphatic carbocycles. The van der Waals surface area contributed by atoms with E-state index < -0.39 is 11.9 Å². The van der Waals surface area contributed by atoms with Gasteiger partial charge >= 0.3 is 11.9 Å². The zero-order valence-corrected chi connectivity index (χ0v) is 22.1. The summed E-state index contributed by atoms with van der Waals surface area (Å²) >= 11 is 0. The van der Waals surface area contributed by atoms with Crippen LogP contribution in [0.5, 0.6) is 0 Å². The molecule has 0 heterocycles. The maximum absolute atomic E-state index is 10.5. The van der Waals surface area contributed by atoms with Gasteiger partial charge in [0.1, 0.15) is 0 Å². The summed E-state index contributed by atoms with van der Waals surface area (Å²) < 4.78 is 0. The molecule has 2 atom stereocenters. The van der Waals surface area contributed by atoms with Crippen molar-refractivity contribution in [2.24, 2.45) is 11.8 Å². The summed E-state index contributed by atoms with van der Waals surface area (Å²) in [6.45, 7) is 12.0. The molecule has 2 aromatic rings. The van der Waals surface area contributed by atoms with Crippen LogP contribution < -0.4 is 0 Å². The van der Waals surface area contributed by atoms with E-state index in [1.54, 1.807) is 24.3 Å². The van der Waals surface area contributed by atoms with E-state index >= 15 is 0 Å². The van der Waals surface area contributed by atoms with Crippen LogP contribution in [0.1, 0.15) is 92.6 Å². The number of hydrogen-bond acceptors (Lipinski definition) is 4. The summed E-state index contributed by atoms with van der Waals surface area (Å²) in [4.78, 5) is 20.9. The fourth-order valence-corrected chi connectivity index (χ4v) is 3.00. The third kappa shape index (κ3) is 14.3. The van der Waals surface area contributed by atoms with Crippen LogP contribution in [-0.2, 0) is 12.8 Å². The first-order chi connectivity index (χ1) is 16.4. The summed E-state index contributed by atoms with van der Waals surface area (Å²) in [7, 11) is 0. The third-order valence-electron chi connectivity index (χ3n) is 5.50. The Bertz CT molecular complexity index is 769. The van der Waals surface area contributed by atoms with Crippen molar-refractivity contribution in [1.82, 2.24) is 0 Å². The van der Waals surface area contributed by atoms with Crippen molar-refractivity contribution in [3.8, 4) is 0 Å². The molecule has 196 valence electrons.